The summed E-state index contributed by atoms with van der Waals surface area (Å²) in [4.78, 5) is 16.0. The van der Waals surface area contributed by atoms with Gasteiger partial charge in [-0.25, -0.2) is 0 Å². The number of nitrogens with one attached hydrogen (secondary N) is 2. The van der Waals surface area contributed by atoms with Crippen molar-refractivity contribution in [2.24, 2.45) is 5.41 Å². The molecule has 0 atom stereocenters. The van der Waals surface area contributed by atoms with E-state index in [1.165, 1.54) is 0 Å². The van der Waals surface area contributed by atoms with Gasteiger partial charge in [-0.05, 0) is 19.8 Å². The zero-order valence-electron chi connectivity index (χ0n) is 9.13. The highest BCUT2D eigenvalue weighted by Crippen LogP contribution is 2.38. The molecule has 5 nitrogen and oxygen atoms in total. The molecule has 82 valence electrons. The molecule has 0 aromatic carbocycles. The molecule has 1 fully saturated rings. The van der Waals surface area contributed by atoms with Gasteiger partial charge in [0.1, 0.15) is 5.82 Å². The molecule has 1 saturated carbocycles. The number of hydrogen-bond acceptors (Lipinski definition) is 3. The van der Waals surface area contributed by atoms with Gasteiger partial charge in [0.2, 0.25) is 11.9 Å². The molecule has 0 bridgehead atoms. The Morgan fingerprint density at radius 1 is 1.47 bits per heavy atom. The summed E-state index contributed by atoms with van der Waals surface area (Å²) in [5.74, 6) is 1.13. The van der Waals surface area contributed by atoms with Crippen LogP contribution in [0.15, 0.2) is 0 Å². The number of carbonyl (C=O) groups is 1. The average Bonchev–Trinajstić information content (AvgIpc) is 2.76. The number of aromatic nitrogens is 3. The number of anilines is 1. The minimum atomic E-state index is -0.228. The highest BCUT2D eigenvalue weighted by Gasteiger charge is 2.36. The van der Waals surface area contributed by atoms with Crippen molar-refractivity contribution in [2.45, 2.75) is 39.5 Å². The second-order valence-corrected chi connectivity index (χ2v) is 4.47. The molecule has 0 radical (unpaired) electrons. The minimum absolute atomic E-state index is 0.0407. The van der Waals surface area contributed by atoms with E-state index in [9.17, 15) is 4.79 Å². The number of carbonyl (C=O) groups excluding carboxylic acids is 1. The first-order chi connectivity index (χ1) is 7.10. The van der Waals surface area contributed by atoms with Crippen LogP contribution in [0.4, 0.5) is 5.95 Å². The SMILES string of the molecule is Cc1nc(NC(=O)C2(C)CCCC2)n[nH]1. The molecule has 2 rings (SSSR count). The number of nitrogens with zero attached hydrogens (tertiary/aromatic N) is 2. The summed E-state index contributed by atoms with van der Waals surface area (Å²) in [6.45, 7) is 3.81. The van der Waals surface area contributed by atoms with Gasteiger partial charge in [0.15, 0.2) is 0 Å². The Morgan fingerprint density at radius 3 is 2.67 bits per heavy atom. The molecule has 0 saturated heterocycles. The van der Waals surface area contributed by atoms with Crippen LogP contribution in [0.5, 0.6) is 0 Å². The summed E-state index contributed by atoms with van der Waals surface area (Å²) in [7, 11) is 0. The topological polar surface area (TPSA) is 70.7 Å². The fourth-order valence-electron chi connectivity index (χ4n) is 2.03. The van der Waals surface area contributed by atoms with Crippen molar-refractivity contribution in [2.75, 3.05) is 5.32 Å². The molecule has 2 N–H and O–H groups in total. The van der Waals surface area contributed by atoms with Crippen molar-refractivity contribution in [3.63, 3.8) is 0 Å². The Kier molecular flexibility index (Phi) is 2.46. The number of aryl methyl sites for hydroxylation is 1. The van der Waals surface area contributed by atoms with Crippen molar-refractivity contribution in [1.29, 1.82) is 0 Å². The van der Waals surface area contributed by atoms with E-state index < -0.39 is 0 Å². The number of aromatic amines is 1. The van der Waals surface area contributed by atoms with Crippen LogP contribution in [-0.4, -0.2) is 21.1 Å². The standard InChI is InChI=1S/C10H16N4O/c1-7-11-9(14-13-7)12-8(15)10(2)5-3-4-6-10/h3-6H2,1-2H3,(H2,11,12,13,14,15). The van der Waals surface area contributed by atoms with E-state index in [1.807, 2.05) is 6.92 Å². The molecule has 1 aromatic rings. The van der Waals surface area contributed by atoms with Crippen LogP contribution >= 0.6 is 0 Å². The van der Waals surface area contributed by atoms with Gasteiger partial charge in [-0.3, -0.25) is 15.2 Å². The highest BCUT2D eigenvalue weighted by atomic mass is 16.2. The van der Waals surface area contributed by atoms with Crippen molar-refractivity contribution >= 4 is 11.9 Å². The third kappa shape index (κ3) is 2.00. The number of rotatable bonds is 2. The van der Waals surface area contributed by atoms with Gasteiger partial charge in [0, 0.05) is 5.41 Å². The van der Waals surface area contributed by atoms with Crippen LogP contribution in [0.2, 0.25) is 0 Å². The smallest absolute Gasteiger partial charge is 0.248 e. The first kappa shape index (κ1) is 10.1. The lowest BCUT2D eigenvalue weighted by Gasteiger charge is -2.20. The summed E-state index contributed by atoms with van der Waals surface area (Å²) in [5.41, 5.74) is -0.228. The van der Waals surface area contributed by atoms with Crippen LogP contribution in [0.25, 0.3) is 0 Å². The fraction of sp³-hybridized carbons (Fsp3) is 0.700. The second kappa shape index (κ2) is 3.64. The second-order valence-electron chi connectivity index (χ2n) is 4.47. The first-order valence-corrected chi connectivity index (χ1v) is 5.31. The van der Waals surface area contributed by atoms with Gasteiger partial charge in [-0.15, -0.1) is 5.10 Å². The Balaban J connectivity index is 2.03. The molecular weight excluding hydrogens is 192 g/mol. The highest BCUT2D eigenvalue weighted by molar-refractivity contribution is 5.93. The molecule has 1 amide bonds. The molecule has 0 unspecified atom stereocenters. The molecule has 1 aromatic heterocycles. The van der Waals surface area contributed by atoms with E-state index in [0.717, 1.165) is 25.7 Å². The van der Waals surface area contributed by atoms with Crippen molar-refractivity contribution in [1.82, 2.24) is 15.2 Å². The molecule has 1 aliphatic rings. The van der Waals surface area contributed by atoms with Gasteiger partial charge in [0.05, 0.1) is 0 Å². The normalized spacial score (nSPS) is 19.1. The largest absolute Gasteiger partial charge is 0.293 e. The lowest BCUT2D eigenvalue weighted by molar-refractivity contribution is -0.124. The maximum atomic E-state index is 11.9. The monoisotopic (exact) mass is 208 g/mol. The molecule has 0 spiro atoms. The summed E-state index contributed by atoms with van der Waals surface area (Å²) >= 11 is 0. The summed E-state index contributed by atoms with van der Waals surface area (Å²) in [5, 5.41) is 9.34. The lowest BCUT2D eigenvalue weighted by atomic mass is 9.88. The van der Waals surface area contributed by atoms with Crippen LogP contribution < -0.4 is 5.32 Å². The van der Waals surface area contributed by atoms with E-state index in [-0.39, 0.29) is 11.3 Å². The Hall–Kier alpha value is -1.39. The zero-order valence-corrected chi connectivity index (χ0v) is 9.13. The van der Waals surface area contributed by atoms with Crippen LogP contribution in [-0.2, 0) is 4.79 Å². The van der Waals surface area contributed by atoms with E-state index in [4.69, 9.17) is 0 Å². The fourth-order valence-corrected chi connectivity index (χ4v) is 2.03. The van der Waals surface area contributed by atoms with Crippen molar-refractivity contribution in [3.8, 4) is 0 Å². The Labute approximate surface area is 88.7 Å². The van der Waals surface area contributed by atoms with Gasteiger partial charge in [-0.1, -0.05) is 19.8 Å². The summed E-state index contributed by atoms with van der Waals surface area (Å²) in [6, 6.07) is 0. The van der Waals surface area contributed by atoms with Crippen LogP contribution in [0.1, 0.15) is 38.4 Å². The lowest BCUT2D eigenvalue weighted by Crippen LogP contribution is -2.31. The average molecular weight is 208 g/mol. The number of hydrogen-bond donors (Lipinski definition) is 2. The number of H-pyrrole nitrogens is 1. The maximum Gasteiger partial charge on any atom is 0.248 e. The molecule has 0 aliphatic heterocycles. The van der Waals surface area contributed by atoms with Gasteiger partial charge in [0.25, 0.3) is 0 Å². The van der Waals surface area contributed by atoms with E-state index >= 15 is 0 Å². The van der Waals surface area contributed by atoms with Crippen molar-refractivity contribution < 1.29 is 4.79 Å². The van der Waals surface area contributed by atoms with Gasteiger partial charge < -0.3 is 0 Å². The molecule has 1 heterocycles. The molecular formula is C10H16N4O. The Morgan fingerprint density at radius 2 is 2.13 bits per heavy atom. The first-order valence-electron chi connectivity index (χ1n) is 5.31. The van der Waals surface area contributed by atoms with E-state index in [0.29, 0.717) is 11.8 Å². The minimum Gasteiger partial charge on any atom is -0.293 e. The molecule has 1 aliphatic carbocycles. The van der Waals surface area contributed by atoms with Gasteiger partial charge in [-0.2, -0.15) is 4.98 Å². The summed E-state index contributed by atoms with van der Waals surface area (Å²) in [6.07, 6.45) is 4.19. The quantitative estimate of drug-likeness (QED) is 0.776. The zero-order chi connectivity index (χ0) is 10.9. The predicted octanol–water partition coefficient (Wildman–Crippen LogP) is 1.63. The van der Waals surface area contributed by atoms with E-state index in [2.05, 4.69) is 20.5 Å². The van der Waals surface area contributed by atoms with E-state index in [1.54, 1.807) is 6.92 Å². The molecule has 5 heteroatoms. The van der Waals surface area contributed by atoms with Crippen LogP contribution in [0, 0.1) is 12.3 Å². The van der Waals surface area contributed by atoms with Crippen molar-refractivity contribution in [3.05, 3.63) is 5.82 Å². The Bertz CT molecular complexity index is 365. The number of amides is 1. The molecule has 15 heavy (non-hydrogen) atoms. The third-order valence-corrected chi connectivity index (χ3v) is 3.08. The van der Waals surface area contributed by atoms with Crippen LogP contribution in [0.3, 0.4) is 0 Å². The summed E-state index contributed by atoms with van der Waals surface area (Å²) < 4.78 is 0. The predicted molar refractivity (Wildman–Crippen MR) is 56.3 cm³/mol. The van der Waals surface area contributed by atoms with Gasteiger partial charge >= 0.3 is 0 Å². The maximum absolute atomic E-state index is 11.9. The third-order valence-electron chi connectivity index (χ3n) is 3.08.